The van der Waals surface area contributed by atoms with Crippen molar-refractivity contribution in [2.45, 2.75) is 26.4 Å². The van der Waals surface area contributed by atoms with Crippen molar-refractivity contribution in [3.63, 3.8) is 0 Å². The average molecular weight is 360 g/mol. The van der Waals surface area contributed by atoms with E-state index in [1.807, 2.05) is 0 Å². The largest absolute Gasteiger partial charge is 0.495 e. The van der Waals surface area contributed by atoms with Gasteiger partial charge < -0.3 is 20.1 Å². The third kappa shape index (κ3) is 4.95. The highest BCUT2D eigenvalue weighted by atomic mass is 19.1. The zero-order valence-electron chi connectivity index (χ0n) is 15.1. The van der Waals surface area contributed by atoms with Gasteiger partial charge in [-0.2, -0.15) is 0 Å². The van der Waals surface area contributed by atoms with Crippen LogP contribution >= 0.6 is 0 Å². The molecule has 7 heteroatoms. The molecule has 0 fully saturated rings. The Hall–Kier alpha value is -3.09. The molecule has 2 aromatic carbocycles. The van der Waals surface area contributed by atoms with Crippen LogP contribution in [-0.2, 0) is 9.59 Å². The third-order valence-corrected chi connectivity index (χ3v) is 3.50. The predicted octanol–water partition coefficient (Wildman–Crippen LogP) is 3.59. The van der Waals surface area contributed by atoms with E-state index in [0.717, 1.165) is 0 Å². The number of rotatable bonds is 6. The Kier molecular flexibility index (Phi) is 5.82. The zero-order valence-corrected chi connectivity index (χ0v) is 15.1. The number of benzene rings is 2. The summed E-state index contributed by atoms with van der Waals surface area (Å²) in [5.41, 5.74) is -0.322. The molecule has 0 radical (unpaired) electrons. The van der Waals surface area contributed by atoms with Crippen LogP contribution in [0.5, 0.6) is 11.5 Å². The van der Waals surface area contributed by atoms with Gasteiger partial charge in [0.2, 0.25) is 5.91 Å². The topological polar surface area (TPSA) is 76.7 Å². The number of carbonyl (C=O) groups is 2. The van der Waals surface area contributed by atoms with Gasteiger partial charge in [-0.3, -0.25) is 9.59 Å². The predicted molar refractivity (Wildman–Crippen MR) is 97.0 cm³/mol. The highest BCUT2D eigenvalue weighted by Crippen LogP contribution is 2.29. The minimum absolute atomic E-state index is 0.229. The summed E-state index contributed by atoms with van der Waals surface area (Å²) in [5.74, 6) is -0.248. The van der Waals surface area contributed by atoms with Crippen LogP contribution in [0.25, 0.3) is 0 Å². The van der Waals surface area contributed by atoms with Gasteiger partial charge in [-0.05, 0) is 56.3 Å². The summed E-state index contributed by atoms with van der Waals surface area (Å²) in [6, 6.07) is 10.3. The molecule has 2 amide bonds. The quantitative estimate of drug-likeness (QED) is 0.825. The fraction of sp³-hybridized carbons (Fsp3) is 0.263. The fourth-order valence-corrected chi connectivity index (χ4v) is 2.20. The molecular formula is C19H21FN2O4. The van der Waals surface area contributed by atoms with Gasteiger partial charge in [0.05, 0.1) is 12.8 Å². The maximum absolute atomic E-state index is 13.0. The summed E-state index contributed by atoms with van der Waals surface area (Å²) in [6.45, 7) is 4.58. The molecule has 0 heterocycles. The van der Waals surface area contributed by atoms with E-state index in [1.165, 1.54) is 38.3 Å². The summed E-state index contributed by atoms with van der Waals surface area (Å²) < 4.78 is 23.9. The van der Waals surface area contributed by atoms with Gasteiger partial charge in [-0.25, -0.2) is 4.39 Å². The Labute approximate surface area is 151 Å². The molecule has 0 aliphatic carbocycles. The summed E-state index contributed by atoms with van der Waals surface area (Å²) in [7, 11) is 1.48. The lowest BCUT2D eigenvalue weighted by atomic mass is 10.1. The highest BCUT2D eigenvalue weighted by molar-refractivity contribution is 5.99. The van der Waals surface area contributed by atoms with Crippen molar-refractivity contribution in [1.29, 1.82) is 0 Å². The number of hydrogen-bond acceptors (Lipinski definition) is 4. The first-order valence-electron chi connectivity index (χ1n) is 7.93. The number of ether oxygens (including phenoxy) is 2. The van der Waals surface area contributed by atoms with Crippen LogP contribution in [0.15, 0.2) is 42.5 Å². The second-order valence-corrected chi connectivity index (χ2v) is 6.12. The number of anilines is 2. The molecule has 2 rings (SSSR count). The van der Waals surface area contributed by atoms with E-state index in [0.29, 0.717) is 22.9 Å². The molecule has 2 aromatic rings. The van der Waals surface area contributed by atoms with Crippen LogP contribution in [0.4, 0.5) is 15.8 Å². The molecule has 2 N–H and O–H groups in total. The Morgan fingerprint density at radius 3 is 2.27 bits per heavy atom. The van der Waals surface area contributed by atoms with E-state index in [9.17, 15) is 14.0 Å². The van der Waals surface area contributed by atoms with Crippen molar-refractivity contribution < 1.29 is 23.5 Å². The lowest BCUT2D eigenvalue weighted by Gasteiger charge is -2.26. The number of hydrogen-bond donors (Lipinski definition) is 2. The van der Waals surface area contributed by atoms with E-state index >= 15 is 0 Å². The third-order valence-electron chi connectivity index (χ3n) is 3.50. The SMILES string of the molecule is COc1ccc(NC(C)=O)cc1NC(=O)C(C)(C)Oc1ccc(F)cc1. The van der Waals surface area contributed by atoms with Crippen molar-refractivity contribution in [1.82, 2.24) is 0 Å². The highest BCUT2D eigenvalue weighted by Gasteiger charge is 2.30. The number of amides is 2. The lowest BCUT2D eigenvalue weighted by molar-refractivity contribution is -0.128. The zero-order chi connectivity index (χ0) is 19.3. The average Bonchev–Trinajstić information content (AvgIpc) is 2.56. The number of nitrogens with one attached hydrogen (secondary N) is 2. The van der Waals surface area contributed by atoms with Gasteiger partial charge in [-0.15, -0.1) is 0 Å². The normalized spacial score (nSPS) is 10.8. The Bertz CT molecular complexity index is 804. The summed E-state index contributed by atoms with van der Waals surface area (Å²) in [4.78, 5) is 23.9. The molecule has 0 unspecified atom stereocenters. The molecule has 0 aromatic heterocycles. The van der Waals surface area contributed by atoms with Crippen molar-refractivity contribution >= 4 is 23.2 Å². The Morgan fingerprint density at radius 2 is 1.69 bits per heavy atom. The number of methoxy groups -OCH3 is 1. The van der Waals surface area contributed by atoms with E-state index in [4.69, 9.17) is 9.47 Å². The molecule has 0 bridgehead atoms. The van der Waals surface area contributed by atoms with Gasteiger partial charge in [0.15, 0.2) is 5.60 Å². The summed E-state index contributed by atoms with van der Waals surface area (Å²) >= 11 is 0. The Morgan fingerprint density at radius 1 is 1.04 bits per heavy atom. The second kappa shape index (κ2) is 7.86. The molecule has 0 spiro atoms. The first kappa shape index (κ1) is 19.2. The molecule has 6 nitrogen and oxygen atoms in total. The molecule has 138 valence electrons. The van der Waals surface area contributed by atoms with Crippen LogP contribution in [0, 0.1) is 5.82 Å². The molecular weight excluding hydrogens is 339 g/mol. The molecule has 0 aliphatic rings. The van der Waals surface area contributed by atoms with Gasteiger partial charge in [-0.1, -0.05) is 0 Å². The van der Waals surface area contributed by atoms with E-state index < -0.39 is 11.5 Å². The molecule has 26 heavy (non-hydrogen) atoms. The van der Waals surface area contributed by atoms with Crippen LogP contribution in [0.2, 0.25) is 0 Å². The first-order chi connectivity index (χ1) is 12.2. The van der Waals surface area contributed by atoms with Gasteiger partial charge in [0.25, 0.3) is 5.91 Å². The van der Waals surface area contributed by atoms with Crippen LogP contribution in [0.1, 0.15) is 20.8 Å². The maximum atomic E-state index is 13.0. The van der Waals surface area contributed by atoms with Crippen LogP contribution < -0.4 is 20.1 Å². The van der Waals surface area contributed by atoms with Gasteiger partial charge >= 0.3 is 0 Å². The van der Waals surface area contributed by atoms with Crippen LogP contribution in [-0.4, -0.2) is 24.5 Å². The number of carbonyl (C=O) groups excluding carboxylic acids is 2. The first-order valence-corrected chi connectivity index (χ1v) is 7.93. The monoisotopic (exact) mass is 360 g/mol. The minimum atomic E-state index is -1.23. The van der Waals surface area contributed by atoms with Gasteiger partial charge in [0, 0.05) is 12.6 Å². The molecule has 0 aliphatic heterocycles. The minimum Gasteiger partial charge on any atom is -0.495 e. The summed E-state index contributed by atoms with van der Waals surface area (Å²) in [6.07, 6.45) is 0. The van der Waals surface area contributed by atoms with E-state index in [1.54, 1.807) is 32.0 Å². The van der Waals surface area contributed by atoms with Crippen molar-refractivity contribution in [3.05, 3.63) is 48.3 Å². The van der Waals surface area contributed by atoms with Crippen LogP contribution in [0.3, 0.4) is 0 Å². The fourth-order valence-electron chi connectivity index (χ4n) is 2.20. The van der Waals surface area contributed by atoms with Crippen molar-refractivity contribution in [2.75, 3.05) is 17.7 Å². The van der Waals surface area contributed by atoms with E-state index in [-0.39, 0.29) is 11.7 Å². The van der Waals surface area contributed by atoms with E-state index in [2.05, 4.69) is 10.6 Å². The van der Waals surface area contributed by atoms with Gasteiger partial charge in [0.1, 0.15) is 17.3 Å². The Balaban J connectivity index is 2.18. The molecule has 0 saturated heterocycles. The van der Waals surface area contributed by atoms with Crippen molar-refractivity contribution in [2.24, 2.45) is 0 Å². The number of halogens is 1. The molecule has 0 atom stereocenters. The van der Waals surface area contributed by atoms with Crippen molar-refractivity contribution in [3.8, 4) is 11.5 Å². The summed E-state index contributed by atoms with van der Waals surface area (Å²) in [5, 5.41) is 5.37. The maximum Gasteiger partial charge on any atom is 0.268 e. The second-order valence-electron chi connectivity index (χ2n) is 6.12. The lowest BCUT2D eigenvalue weighted by Crippen LogP contribution is -2.42. The molecule has 0 saturated carbocycles. The standard InChI is InChI=1S/C19H21FN2O4/c1-12(23)21-14-7-10-17(25-4)16(11-14)22-18(24)19(2,3)26-15-8-5-13(20)6-9-15/h5-11H,1-4H3,(H,21,23)(H,22,24). The smallest absolute Gasteiger partial charge is 0.268 e.